The number of para-hydroxylation sites is 1. The first kappa shape index (κ1) is 19.6. The van der Waals surface area contributed by atoms with Crippen LogP contribution in [-0.2, 0) is 0 Å². The van der Waals surface area contributed by atoms with E-state index in [0.29, 0.717) is 32.5 Å². The molecule has 150 valence electrons. The van der Waals surface area contributed by atoms with Gasteiger partial charge in [-0.25, -0.2) is 9.66 Å². The first-order valence-electron chi connectivity index (χ1n) is 9.75. The second kappa shape index (κ2) is 8.37. The molecule has 0 radical (unpaired) electrons. The van der Waals surface area contributed by atoms with Crippen LogP contribution < -0.4 is 15.7 Å². The third kappa shape index (κ3) is 3.92. The second-order valence-electron chi connectivity index (χ2n) is 7.25. The molecular formula is C22H22BrN3O3. The number of rotatable bonds is 4. The van der Waals surface area contributed by atoms with Crippen molar-refractivity contribution in [1.29, 1.82) is 0 Å². The van der Waals surface area contributed by atoms with Gasteiger partial charge in [0.15, 0.2) is 0 Å². The van der Waals surface area contributed by atoms with Crippen LogP contribution in [0, 0.1) is 0 Å². The number of nitrogens with zero attached hydrogens (tertiary/aromatic N) is 2. The summed E-state index contributed by atoms with van der Waals surface area (Å²) in [4.78, 5) is 30.9. The fourth-order valence-corrected chi connectivity index (χ4v) is 4.41. The Kier molecular flexibility index (Phi) is 5.67. The molecule has 7 heteroatoms. The molecule has 0 unspecified atom stereocenters. The Bertz CT molecular complexity index is 1120. The highest BCUT2D eigenvalue weighted by Gasteiger charge is 2.23. The molecule has 1 heterocycles. The largest absolute Gasteiger partial charge is 0.496 e. The predicted molar refractivity (Wildman–Crippen MR) is 116 cm³/mol. The van der Waals surface area contributed by atoms with Crippen molar-refractivity contribution < 1.29 is 9.53 Å². The molecule has 2 aromatic carbocycles. The molecule has 6 nitrogen and oxygen atoms in total. The van der Waals surface area contributed by atoms with Crippen molar-refractivity contribution in [2.45, 2.75) is 38.0 Å². The standard InChI is InChI=1S/C22H22BrN3O3/c1-29-19-12-11-15(13-17(19)23)21(27)25-26-20(14-7-3-2-4-8-14)24-18-10-6-5-9-16(18)22(26)28/h5-6,9-14H,2-4,7-8H2,1H3,(H,25,27). The van der Waals surface area contributed by atoms with Gasteiger partial charge in [0.05, 0.1) is 22.5 Å². The molecule has 0 bridgehead atoms. The predicted octanol–water partition coefficient (Wildman–Crippen LogP) is 4.60. The van der Waals surface area contributed by atoms with Gasteiger partial charge in [-0.05, 0) is 59.1 Å². The second-order valence-corrected chi connectivity index (χ2v) is 8.11. The molecular weight excluding hydrogens is 434 g/mol. The molecule has 0 atom stereocenters. The van der Waals surface area contributed by atoms with Gasteiger partial charge in [0.2, 0.25) is 0 Å². The molecule has 0 saturated heterocycles. The molecule has 3 aromatic rings. The Morgan fingerprint density at radius 2 is 1.93 bits per heavy atom. The van der Waals surface area contributed by atoms with Gasteiger partial charge in [0, 0.05) is 11.5 Å². The summed E-state index contributed by atoms with van der Waals surface area (Å²) >= 11 is 3.40. The molecule has 1 aliphatic rings. The number of ether oxygens (including phenoxy) is 1. The zero-order chi connectivity index (χ0) is 20.4. The number of amides is 1. The van der Waals surface area contributed by atoms with E-state index in [4.69, 9.17) is 9.72 Å². The number of hydrogen-bond acceptors (Lipinski definition) is 4. The summed E-state index contributed by atoms with van der Waals surface area (Å²) in [5, 5.41) is 0.489. The van der Waals surface area contributed by atoms with Crippen molar-refractivity contribution in [2.75, 3.05) is 12.5 Å². The minimum absolute atomic E-state index is 0.156. The van der Waals surface area contributed by atoms with Gasteiger partial charge >= 0.3 is 0 Å². The lowest BCUT2D eigenvalue weighted by Gasteiger charge is -2.24. The van der Waals surface area contributed by atoms with E-state index in [0.717, 1.165) is 25.7 Å². The molecule has 1 amide bonds. The van der Waals surface area contributed by atoms with E-state index in [1.165, 1.54) is 11.1 Å². The van der Waals surface area contributed by atoms with Crippen LogP contribution in [0.25, 0.3) is 10.9 Å². The molecule has 1 N–H and O–H groups in total. The zero-order valence-electron chi connectivity index (χ0n) is 16.2. The summed E-state index contributed by atoms with van der Waals surface area (Å²) in [5.74, 6) is 1.05. The molecule has 4 rings (SSSR count). The fraction of sp³-hybridized carbons (Fsp3) is 0.318. The maximum atomic E-state index is 13.2. The van der Waals surface area contributed by atoms with E-state index in [1.807, 2.05) is 12.1 Å². The molecule has 1 fully saturated rings. The minimum Gasteiger partial charge on any atom is -0.496 e. The highest BCUT2D eigenvalue weighted by molar-refractivity contribution is 9.10. The summed E-state index contributed by atoms with van der Waals surface area (Å²) in [6.07, 6.45) is 5.34. The number of benzene rings is 2. The van der Waals surface area contributed by atoms with Crippen LogP contribution in [0.5, 0.6) is 5.75 Å². The number of carbonyl (C=O) groups is 1. The van der Waals surface area contributed by atoms with E-state index in [-0.39, 0.29) is 17.4 Å². The van der Waals surface area contributed by atoms with Gasteiger partial charge in [0.1, 0.15) is 11.6 Å². The van der Waals surface area contributed by atoms with Gasteiger partial charge in [-0.1, -0.05) is 31.4 Å². The van der Waals surface area contributed by atoms with Crippen molar-refractivity contribution in [3.63, 3.8) is 0 Å². The smallest absolute Gasteiger partial charge is 0.280 e. The van der Waals surface area contributed by atoms with Crippen molar-refractivity contribution in [3.8, 4) is 5.75 Å². The molecule has 0 spiro atoms. The van der Waals surface area contributed by atoms with Gasteiger partial charge in [-0.2, -0.15) is 0 Å². The van der Waals surface area contributed by atoms with Crippen LogP contribution in [0.3, 0.4) is 0 Å². The number of hydrogen-bond donors (Lipinski definition) is 1. The lowest BCUT2D eigenvalue weighted by atomic mass is 9.88. The lowest BCUT2D eigenvalue weighted by molar-refractivity contribution is 0.101. The third-order valence-corrected chi connectivity index (χ3v) is 6.02. The van der Waals surface area contributed by atoms with Gasteiger partial charge in [-0.3, -0.25) is 15.0 Å². The quantitative estimate of drug-likeness (QED) is 0.623. The van der Waals surface area contributed by atoms with E-state index in [1.54, 1.807) is 37.4 Å². The highest BCUT2D eigenvalue weighted by Crippen LogP contribution is 2.31. The number of carbonyl (C=O) groups excluding carboxylic acids is 1. The van der Waals surface area contributed by atoms with Crippen molar-refractivity contribution >= 4 is 32.7 Å². The topological polar surface area (TPSA) is 73.2 Å². The SMILES string of the molecule is COc1ccc(C(=O)Nn2c(C3CCCCC3)nc3ccccc3c2=O)cc1Br. The van der Waals surface area contributed by atoms with Crippen LogP contribution in [-0.4, -0.2) is 22.7 Å². The summed E-state index contributed by atoms with van der Waals surface area (Å²) in [7, 11) is 1.57. The number of methoxy groups -OCH3 is 1. The molecule has 1 aliphatic carbocycles. The monoisotopic (exact) mass is 455 g/mol. The maximum absolute atomic E-state index is 13.2. The third-order valence-electron chi connectivity index (χ3n) is 5.40. The lowest BCUT2D eigenvalue weighted by Crippen LogP contribution is -2.37. The average molecular weight is 456 g/mol. The number of halogens is 1. The van der Waals surface area contributed by atoms with Gasteiger partial charge in [-0.15, -0.1) is 0 Å². The Labute approximate surface area is 177 Å². The molecule has 1 aromatic heterocycles. The summed E-state index contributed by atoms with van der Waals surface area (Å²) in [5.41, 5.74) is 3.62. The number of fused-ring (bicyclic) bond motifs is 1. The Morgan fingerprint density at radius 3 is 2.66 bits per heavy atom. The normalized spacial score (nSPS) is 14.7. The van der Waals surface area contributed by atoms with E-state index in [9.17, 15) is 9.59 Å². The zero-order valence-corrected chi connectivity index (χ0v) is 17.7. The molecule has 29 heavy (non-hydrogen) atoms. The fourth-order valence-electron chi connectivity index (χ4n) is 3.87. The Balaban J connectivity index is 1.77. The van der Waals surface area contributed by atoms with Crippen molar-refractivity contribution in [2.24, 2.45) is 0 Å². The summed E-state index contributed by atoms with van der Waals surface area (Å²) in [6.45, 7) is 0. The van der Waals surface area contributed by atoms with Crippen molar-refractivity contribution in [3.05, 3.63) is 68.7 Å². The van der Waals surface area contributed by atoms with Crippen LogP contribution >= 0.6 is 15.9 Å². The maximum Gasteiger partial charge on any atom is 0.280 e. The van der Waals surface area contributed by atoms with Crippen LogP contribution in [0.15, 0.2) is 51.7 Å². The first-order chi connectivity index (χ1) is 14.1. The van der Waals surface area contributed by atoms with Gasteiger partial charge < -0.3 is 4.74 Å². The van der Waals surface area contributed by atoms with E-state index >= 15 is 0 Å². The number of nitrogens with one attached hydrogen (secondary N) is 1. The Morgan fingerprint density at radius 1 is 1.17 bits per heavy atom. The Hall–Kier alpha value is -2.67. The van der Waals surface area contributed by atoms with Gasteiger partial charge in [0.25, 0.3) is 11.5 Å². The summed E-state index contributed by atoms with van der Waals surface area (Å²) < 4.78 is 7.24. The van der Waals surface area contributed by atoms with Crippen LogP contribution in [0.2, 0.25) is 0 Å². The van der Waals surface area contributed by atoms with E-state index in [2.05, 4.69) is 21.4 Å². The average Bonchev–Trinajstić information content (AvgIpc) is 2.76. The molecule has 1 saturated carbocycles. The summed E-state index contributed by atoms with van der Waals surface area (Å²) in [6, 6.07) is 12.3. The van der Waals surface area contributed by atoms with Crippen molar-refractivity contribution in [1.82, 2.24) is 9.66 Å². The van der Waals surface area contributed by atoms with E-state index < -0.39 is 0 Å². The van der Waals surface area contributed by atoms with Crippen LogP contribution in [0.1, 0.15) is 54.2 Å². The molecule has 0 aliphatic heterocycles. The number of aromatic nitrogens is 2. The first-order valence-corrected chi connectivity index (χ1v) is 10.5. The van der Waals surface area contributed by atoms with Crippen LogP contribution in [0.4, 0.5) is 0 Å². The highest BCUT2D eigenvalue weighted by atomic mass is 79.9. The minimum atomic E-state index is -0.371.